The summed E-state index contributed by atoms with van der Waals surface area (Å²) in [5.41, 5.74) is -3.14. The Kier molecular flexibility index (Phi) is 3.35. The van der Waals surface area contributed by atoms with Gasteiger partial charge in [-0.15, -0.1) is 0 Å². The van der Waals surface area contributed by atoms with E-state index in [4.69, 9.17) is 0 Å². The number of hydrazone groups is 1. The van der Waals surface area contributed by atoms with Crippen LogP contribution in [0.1, 0.15) is 16.7 Å². The number of rotatable bonds is 1. The Morgan fingerprint density at radius 2 is 1.59 bits per heavy atom. The Hall–Kier alpha value is -1.73. The van der Waals surface area contributed by atoms with E-state index in [-0.39, 0.29) is 0 Å². The quantitative estimate of drug-likeness (QED) is 0.356. The minimum atomic E-state index is -4.76. The second-order valence-electron chi connectivity index (χ2n) is 3.08. The number of hydrogen-bond acceptors (Lipinski definition) is 2. The highest BCUT2D eigenvalue weighted by Gasteiger charge is 2.36. The van der Waals surface area contributed by atoms with Crippen molar-refractivity contribution in [1.82, 2.24) is 0 Å². The van der Waals surface area contributed by atoms with Gasteiger partial charge in [-0.05, 0) is 18.2 Å². The van der Waals surface area contributed by atoms with Gasteiger partial charge in [0.25, 0.3) is 0 Å². The molecule has 0 saturated heterocycles. The molecule has 0 aliphatic heterocycles. The van der Waals surface area contributed by atoms with Crippen molar-refractivity contribution in [2.24, 2.45) is 10.9 Å². The Morgan fingerprint density at radius 1 is 1.00 bits per heavy atom. The third kappa shape index (κ3) is 3.11. The molecule has 17 heavy (non-hydrogen) atoms. The van der Waals surface area contributed by atoms with E-state index in [0.29, 0.717) is 24.4 Å². The fourth-order valence-corrected chi connectivity index (χ4v) is 1.18. The first kappa shape index (κ1) is 13.3. The van der Waals surface area contributed by atoms with Gasteiger partial charge in [-0.25, -0.2) is 0 Å². The maximum Gasteiger partial charge on any atom is 0.417 e. The van der Waals surface area contributed by atoms with Crippen molar-refractivity contribution in [2.75, 3.05) is 0 Å². The topological polar surface area (TPSA) is 38.4 Å². The summed E-state index contributed by atoms with van der Waals surface area (Å²) in [5.74, 6) is 4.65. The van der Waals surface area contributed by atoms with Crippen LogP contribution in [0, 0.1) is 0 Å². The number of nitrogens with two attached hydrogens (primary N) is 1. The lowest BCUT2D eigenvalue weighted by atomic mass is 10.0. The molecule has 2 nitrogen and oxygen atoms in total. The van der Waals surface area contributed by atoms with Crippen LogP contribution in [0.25, 0.3) is 0 Å². The smallest absolute Gasteiger partial charge is 0.323 e. The predicted octanol–water partition coefficient (Wildman–Crippen LogP) is 3.02. The van der Waals surface area contributed by atoms with Gasteiger partial charge in [-0.1, -0.05) is 0 Å². The molecule has 0 unspecified atom stereocenters. The fourth-order valence-electron chi connectivity index (χ4n) is 1.18. The summed E-state index contributed by atoms with van der Waals surface area (Å²) in [6.45, 7) is 0. The van der Waals surface area contributed by atoms with Gasteiger partial charge < -0.3 is 5.84 Å². The van der Waals surface area contributed by atoms with Crippen molar-refractivity contribution < 1.29 is 26.3 Å². The highest BCUT2D eigenvalue weighted by Crippen LogP contribution is 2.35. The monoisotopic (exact) mass is 256 g/mol. The Bertz CT molecular complexity index is 432. The molecule has 0 heterocycles. The molecule has 2 N–H and O–H groups in total. The molecular weight excluding hydrogens is 250 g/mol. The molecule has 0 saturated carbocycles. The van der Waals surface area contributed by atoms with Crippen LogP contribution in [0.15, 0.2) is 23.3 Å². The Morgan fingerprint density at radius 3 is 2.00 bits per heavy atom. The fraction of sp³-hybridized carbons (Fsp3) is 0.222. The molecule has 1 aromatic carbocycles. The number of nitrogens with zero attached hydrogens (tertiary/aromatic N) is 1. The molecule has 0 fully saturated rings. The van der Waals surface area contributed by atoms with E-state index in [2.05, 4.69) is 10.9 Å². The van der Waals surface area contributed by atoms with Crippen LogP contribution in [0.4, 0.5) is 26.3 Å². The van der Waals surface area contributed by atoms with Crippen LogP contribution in [0.2, 0.25) is 0 Å². The van der Waals surface area contributed by atoms with Gasteiger partial charge in [0.15, 0.2) is 0 Å². The summed E-state index contributed by atoms with van der Waals surface area (Å²) in [7, 11) is 0. The molecule has 0 radical (unpaired) electrons. The molecule has 1 aromatic rings. The maximum absolute atomic E-state index is 12.4. The number of halogens is 6. The molecule has 0 aliphatic rings. The molecule has 1 rings (SSSR count). The third-order valence-electron chi connectivity index (χ3n) is 1.90. The number of hydrogen-bond donors (Lipinski definition) is 1. The zero-order valence-corrected chi connectivity index (χ0v) is 8.10. The van der Waals surface area contributed by atoms with E-state index in [1.54, 1.807) is 0 Å². The summed E-state index contributed by atoms with van der Waals surface area (Å²) >= 11 is 0. The summed E-state index contributed by atoms with van der Waals surface area (Å²) in [5, 5.41) is 2.81. The molecule has 94 valence electrons. The second-order valence-corrected chi connectivity index (χ2v) is 3.08. The Labute approximate surface area is 91.7 Å². The van der Waals surface area contributed by atoms with E-state index in [1.165, 1.54) is 0 Å². The molecule has 8 heteroatoms. The van der Waals surface area contributed by atoms with Gasteiger partial charge in [0.05, 0.1) is 17.3 Å². The number of benzene rings is 1. The standard InChI is InChI=1S/C9H6F6N2/c10-8(11,12)6-1-2-7(9(13,14)15)5(3-6)4-17-16/h1-4H,16H2. The van der Waals surface area contributed by atoms with E-state index in [9.17, 15) is 26.3 Å². The predicted molar refractivity (Wildman–Crippen MR) is 48.2 cm³/mol. The molecular formula is C9H6F6N2. The van der Waals surface area contributed by atoms with E-state index < -0.39 is 29.0 Å². The SMILES string of the molecule is NN=Cc1cc(C(F)(F)F)ccc1C(F)(F)F. The van der Waals surface area contributed by atoms with Gasteiger partial charge >= 0.3 is 12.4 Å². The molecule has 0 aromatic heterocycles. The molecule has 0 aliphatic carbocycles. The van der Waals surface area contributed by atoms with Crippen LogP contribution in [0.3, 0.4) is 0 Å². The van der Waals surface area contributed by atoms with Crippen molar-refractivity contribution in [2.45, 2.75) is 12.4 Å². The largest absolute Gasteiger partial charge is 0.417 e. The lowest BCUT2D eigenvalue weighted by Crippen LogP contribution is -2.12. The highest BCUT2D eigenvalue weighted by atomic mass is 19.4. The van der Waals surface area contributed by atoms with Crippen LogP contribution in [0.5, 0.6) is 0 Å². The summed E-state index contributed by atoms with van der Waals surface area (Å²) < 4.78 is 74.1. The molecule has 0 bridgehead atoms. The first-order chi connectivity index (χ1) is 7.66. The van der Waals surface area contributed by atoms with Crippen molar-refractivity contribution in [3.05, 3.63) is 34.9 Å². The van der Waals surface area contributed by atoms with E-state index in [0.717, 1.165) is 0 Å². The van der Waals surface area contributed by atoms with Gasteiger partial charge in [0.2, 0.25) is 0 Å². The normalized spacial score (nSPS) is 13.3. The average molecular weight is 256 g/mol. The van der Waals surface area contributed by atoms with Gasteiger partial charge in [-0.2, -0.15) is 31.4 Å². The zero-order valence-electron chi connectivity index (χ0n) is 8.10. The lowest BCUT2D eigenvalue weighted by Gasteiger charge is -2.13. The summed E-state index contributed by atoms with van der Waals surface area (Å²) in [4.78, 5) is 0. The average Bonchev–Trinajstić information content (AvgIpc) is 2.15. The van der Waals surface area contributed by atoms with Crippen molar-refractivity contribution >= 4 is 6.21 Å². The van der Waals surface area contributed by atoms with Crippen molar-refractivity contribution in [3.63, 3.8) is 0 Å². The van der Waals surface area contributed by atoms with E-state index >= 15 is 0 Å². The van der Waals surface area contributed by atoms with Crippen LogP contribution >= 0.6 is 0 Å². The Balaban J connectivity index is 3.38. The lowest BCUT2D eigenvalue weighted by molar-refractivity contribution is -0.141. The minimum absolute atomic E-state index is 0.346. The van der Waals surface area contributed by atoms with Gasteiger partial charge in [0, 0.05) is 5.56 Å². The highest BCUT2D eigenvalue weighted by molar-refractivity contribution is 5.82. The number of alkyl halides is 6. The van der Waals surface area contributed by atoms with Gasteiger partial charge in [-0.3, -0.25) is 0 Å². The van der Waals surface area contributed by atoms with E-state index in [1.807, 2.05) is 0 Å². The first-order valence-corrected chi connectivity index (χ1v) is 4.18. The zero-order chi connectivity index (χ0) is 13.3. The van der Waals surface area contributed by atoms with Crippen LogP contribution < -0.4 is 5.84 Å². The van der Waals surface area contributed by atoms with Crippen molar-refractivity contribution in [3.8, 4) is 0 Å². The molecule has 0 atom stereocenters. The van der Waals surface area contributed by atoms with Gasteiger partial charge in [0.1, 0.15) is 0 Å². The van der Waals surface area contributed by atoms with Crippen LogP contribution in [-0.2, 0) is 12.4 Å². The van der Waals surface area contributed by atoms with Crippen LogP contribution in [-0.4, -0.2) is 6.21 Å². The second kappa shape index (κ2) is 4.27. The summed E-state index contributed by atoms with van der Waals surface area (Å²) in [6, 6.07) is 1.05. The van der Waals surface area contributed by atoms with Crippen molar-refractivity contribution in [1.29, 1.82) is 0 Å². The minimum Gasteiger partial charge on any atom is -0.323 e. The summed E-state index contributed by atoms with van der Waals surface area (Å²) in [6.07, 6.45) is -8.96. The third-order valence-corrected chi connectivity index (χ3v) is 1.90. The molecule has 0 spiro atoms. The maximum atomic E-state index is 12.4. The first-order valence-electron chi connectivity index (χ1n) is 4.18. The molecule has 0 amide bonds.